The van der Waals surface area contributed by atoms with Gasteiger partial charge in [-0.05, 0) is 30.7 Å². The van der Waals surface area contributed by atoms with Crippen LogP contribution in [0, 0.1) is 0 Å². The second-order valence-corrected chi connectivity index (χ2v) is 7.35. The molecule has 1 heterocycles. The van der Waals surface area contributed by atoms with Gasteiger partial charge in [-0.25, -0.2) is 22.0 Å². The van der Waals surface area contributed by atoms with Crippen molar-refractivity contribution in [3.05, 3.63) is 24.3 Å². The minimum atomic E-state index is -3.74. The standard InChI is InChI=1S/C9H12N2O4S2/c10-17(14,15)9-4-2-8(3-5-9)11-6-1-7-16(11,12)13/h2-5H,1,6-7H2,(H2,10,14,15). The van der Waals surface area contributed by atoms with Crippen molar-refractivity contribution in [2.45, 2.75) is 11.3 Å². The Morgan fingerprint density at radius 2 is 1.76 bits per heavy atom. The molecule has 1 aromatic carbocycles. The average Bonchev–Trinajstić information content (AvgIpc) is 2.57. The molecule has 1 aliphatic rings. The van der Waals surface area contributed by atoms with Crippen LogP contribution in [0.3, 0.4) is 0 Å². The fourth-order valence-corrected chi connectivity index (χ4v) is 3.81. The van der Waals surface area contributed by atoms with Crippen LogP contribution in [0.15, 0.2) is 29.2 Å². The lowest BCUT2D eigenvalue weighted by atomic mass is 10.3. The molecule has 0 atom stereocenters. The molecular weight excluding hydrogens is 264 g/mol. The van der Waals surface area contributed by atoms with Crippen LogP contribution < -0.4 is 9.44 Å². The Morgan fingerprint density at radius 3 is 2.18 bits per heavy atom. The second kappa shape index (κ2) is 3.97. The van der Waals surface area contributed by atoms with Gasteiger partial charge >= 0.3 is 0 Å². The molecule has 94 valence electrons. The van der Waals surface area contributed by atoms with Gasteiger partial charge in [-0.1, -0.05) is 0 Å². The summed E-state index contributed by atoms with van der Waals surface area (Å²) < 4.78 is 46.6. The van der Waals surface area contributed by atoms with Gasteiger partial charge in [-0.3, -0.25) is 4.31 Å². The van der Waals surface area contributed by atoms with Crippen molar-refractivity contribution in [3.63, 3.8) is 0 Å². The Balaban J connectivity index is 2.37. The number of hydrogen-bond acceptors (Lipinski definition) is 4. The van der Waals surface area contributed by atoms with Gasteiger partial charge in [0.2, 0.25) is 20.0 Å². The number of nitrogens with two attached hydrogens (primary N) is 1. The van der Waals surface area contributed by atoms with Crippen molar-refractivity contribution >= 4 is 25.7 Å². The predicted molar refractivity (Wildman–Crippen MR) is 63.6 cm³/mol. The highest BCUT2D eigenvalue weighted by Gasteiger charge is 2.28. The van der Waals surface area contributed by atoms with Crippen LogP contribution >= 0.6 is 0 Å². The summed E-state index contributed by atoms with van der Waals surface area (Å²) in [7, 11) is -6.98. The molecule has 0 unspecified atom stereocenters. The van der Waals surface area contributed by atoms with E-state index in [1.54, 1.807) is 0 Å². The highest BCUT2D eigenvalue weighted by atomic mass is 32.2. The highest BCUT2D eigenvalue weighted by Crippen LogP contribution is 2.24. The third-order valence-corrected chi connectivity index (χ3v) is 5.35. The quantitative estimate of drug-likeness (QED) is 0.813. The van der Waals surface area contributed by atoms with Gasteiger partial charge in [0.05, 0.1) is 16.3 Å². The molecule has 0 radical (unpaired) electrons. The minimum absolute atomic E-state index is 0.0298. The lowest BCUT2D eigenvalue weighted by Gasteiger charge is -2.16. The highest BCUT2D eigenvalue weighted by molar-refractivity contribution is 7.93. The first-order chi connectivity index (χ1) is 7.81. The maximum Gasteiger partial charge on any atom is 0.238 e. The fourth-order valence-electron chi connectivity index (χ4n) is 1.73. The maximum absolute atomic E-state index is 11.6. The molecule has 0 aliphatic carbocycles. The van der Waals surface area contributed by atoms with Crippen LogP contribution in [-0.4, -0.2) is 29.1 Å². The summed E-state index contributed by atoms with van der Waals surface area (Å²) in [5, 5.41) is 4.95. The number of rotatable bonds is 2. The number of hydrogen-bond donors (Lipinski definition) is 1. The van der Waals surface area contributed by atoms with Crippen LogP contribution in [0.25, 0.3) is 0 Å². The Bertz CT molecular complexity index is 619. The zero-order chi connectivity index (χ0) is 12.7. The topological polar surface area (TPSA) is 97.5 Å². The zero-order valence-corrected chi connectivity index (χ0v) is 10.5. The van der Waals surface area contributed by atoms with Gasteiger partial charge in [0, 0.05) is 6.54 Å². The Hall–Kier alpha value is -1.12. The van der Waals surface area contributed by atoms with E-state index in [1.165, 1.54) is 28.6 Å². The van der Waals surface area contributed by atoms with Crippen molar-refractivity contribution in [2.75, 3.05) is 16.6 Å². The van der Waals surface area contributed by atoms with Crippen LogP contribution in [0.2, 0.25) is 0 Å². The molecular formula is C9H12N2O4S2. The minimum Gasteiger partial charge on any atom is -0.270 e. The van der Waals surface area contributed by atoms with E-state index in [1.807, 2.05) is 0 Å². The molecule has 1 saturated heterocycles. The molecule has 8 heteroatoms. The molecule has 0 bridgehead atoms. The first-order valence-electron chi connectivity index (χ1n) is 4.94. The van der Waals surface area contributed by atoms with Gasteiger partial charge in [0.25, 0.3) is 0 Å². The van der Waals surface area contributed by atoms with Crippen molar-refractivity contribution in [1.29, 1.82) is 0 Å². The van der Waals surface area contributed by atoms with Crippen LogP contribution in [0.4, 0.5) is 5.69 Å². The van der Waals surface area contributed by atoms with Gasteiger partial charge in [-0.2, -0.15) is 0 Å². The molecule has 6 nitrogen and oxygen atoms in total. The molecule has 2 rings (SSSR count). The molecule has 1 aliphatic heterocycles. The smallest absolute Gasteiger partial charge is 0.238 e. The van der Waals surface area contributed by atoms with Gasteiger partial charge in [0.15, 0.2) is 0 Å². The van der Waals surface area contributed by atoms with Crippen molar-refractivity contribution in [1.82, 2.24) is 0 Å². The van der Waals surface area contributed by atoms with Crippen LogP contribution in [0.1, 0.15) is 6.42 Å². The third-order valence-electron chi connectivity index (χ3n) is 2.55. The van der Waals surface area contributed by atoms with Crippen LogP contribution in [0.5, 0.6) is 0 Å². The fraction of sp³-hybridized carbons (Fsp3) is 0.333. The van der Waals surface area contributed by atoms with E-state index in [-0.39, 0.29) is 10.6 Å². The van der Waals surface area contributed by atoms with Crippen molar-refractivity contribution < 1.29 is 16.8 Å². The third kappa shape index (κ3) is 2.43. The molecule has 0 saturated carbocycles. The summed E-state index contributed by atoms with van der Waals surface area (Å²) >= 11 is 0. The largest absolute Gasteiger partial charge is 0.270 e. The van der Waals surface area contributed by atoms with Gasteiger partial charge < -0.3 is 0 Å². The summed E-state index contributed by atoms with van der Waals surface area (Å²) in [6, 6.07) is 5.50. The summed E-state index contributed by atoms with van der Waals surface area (Å²) in [5.74, 6) is 0.129. The monoisotopic (exact) mass is 276 g/mol. The summed E-state index contributed by atoms with van der Waals surface area (Å²) in [6.07, 6.45) is 0.583. The van der Waals surface area contributed by atoms with Gasteiger partial charge in [-0.15, -0.1) is 0 Å². The number of anilines is 1. The van der Waals surface area contributed by atoms with E-state index in [4.69, 9.17) is 5.14 Å². The molecule has 0 amide bonds. The number of primary sulfonamides is 1. The molecule has 17 heavy (non-hydrogen) atoms. The maximum atomic E-state index is 11.6. The molecule has 2 N–H and O–H groups in total. The van der Waals surface area contributed by atoms with E-state index in [9.17, 15) is 16.8 Å². The SMILES string of the molecule is NS(=O)(=O)c1ccc(N2CCCS2(=O)=O)cc1. The van der Waals surface area contributed by atoms with E-state index < -0.39 is 20.0 Å². The summed E-state index contributed by atoms with van der Waals surface area (Å²) in [4.78, 5) is -0.0298. The van der Waals surface area contributed by atoms with Crippen LogP contribution in [-0.2, 0) is 20.0 Å². The molecule has 0 aromatic heterocycles. The van der Waals surface area contributed by atoms with E-state index in [0.29, 0.717) is 18.7 Å². The average molecular weight is 276 g/mol. The summed E-state index contributed by atoms with van der Waals surface area (Å²) in [6.45, 7) is 0.428. The summed E-state index contributed by atoms with van der Waals surface area (Å²) in [5.41, 5.74) is 0.468. The Morgan fingerprint density at radius 1 is 1.18 bits per heavy atom. The zero-order valence-electron chi connectivity index (χ0n) is 8.90. The van der Waals surface area contributed by atoms with E-state index in [0.717, 1.165) is 0 Å². The molecule has 0 spiro atoms. The molecule has 1 fully saturated rings. The first-order valence-corrected chi connectivity index (χ1v) is 8.09. The number of nitrogens with zero attached hydrogens (tertiary/aromatic N) is 1. The van der Waals surface area contributed by atoms with Crippen molar-refractivity contribution in [2.24, 2.45) is 5.14 Å². The Kier molecular flexibility index (Phi) is 2.88. The van der Waals surface area contributed by atoms with E-state index in [2.05, 4.69) is 0 Å². The number of sulfonamides is 2. The van der Waals surface area contributed by atoms with E-state index >= 15 is 0 Å². The number of benzene rings is 1. The molecule has 1 aromatic rings. The van der Waals surface area contributed by atoms with Crippen molar-refractivity contribution in [3.8, 4) is 0 Å². The first kappa shape index (κ1) is 12.3. The predicted octanol–water partition coefficient (Wildman–Crippen LogP) is -0.126. The van der Waals surface area contributed by atoms with Gasteiger partial charge in [0.1, 0.15) is 0 Å². The lowest BCUT2D eigenvalue weighted by molar-refractivity contribution is 0.597. The second-order valence-electron chi connectivity index (χ2n) is 3.78. The Labute approximate surface area is 100 Å². The normalized spacial score (nSPS) is 19.5. The lowest BCUT2D eigenvalue weighted by Crippen LogP contribution is -2.25.